The Morgan fingerprint density at radius 1 is 1.57 bits per heavy atom. The maximum Gasteiger partial charge on any atom is 0.243 e. The number of anilines is 1. The number of aromatic nitrogens is 2. The summed E-state index contributed by atoms with van der Waals surface area (Å²) in [6, 6.07) is 1.00. The number of hydrogen-bond acceptors (Lipinski definition) is 4. The highest BCUT2D eigenvalue weighted by atomic mass is 79.9. The number of nitrogens with one attached hydrogen (secondary N) is 1. The smallest absolute Gasteiger partial charge is 0.243 e. The van der Waals surface area contributed by atoms with Crippen LogP contribution in [0.2, 0.25) is 5.02 Å². The van der Waals surface area contributed by atoms with Crippen molar-refractivity contribution in [3.05, 3.63) is 39.3 Å². The molecule has 2 rings (SSSR count). The predicted molar refractivity (Wildman–Crippen MR) is 80.8 cm³/mol. The molecule has 0 aliphatic rings. The van der Waals surface area contributed by atoms with E-state index in [4.69, 9.17) is 17.3 Å². The molecule has 1 heterocycles. The highest BCUT2D eigenvalue weighted by molar-refractivity contribution is 9.10. The van der Waals surface area contributed by atoms with Gasteiger partial charge < -0.3 is 5.73 Å². The zero-order chi connectivity index (χ0) is 15.8. The van der Waals surface area contributed by atoms with Crippen molar-refractivity contribution in [2.45, 2.75) is 11.4 Å². The molecule has 114 valence electrons. The van der Waals surface area contributed by atoms with Gasteiger partial charge in [-0.2, -0.15) is 5.10 Å². The van der Waals surface area contributed by atoms with Crippen LogP contribution in [-0.2, 0) is 23.6 Å². The maximum absolute atomic E-state index is 14.0. The maximum atomic E-state index is 14.0. The lowest BCUT2D eigenvalue weighted by molar-refractivity contribution is 0.558. The summed E-state index contributed by atoms with van der Waals surface area (Å²) in [4.78, 5) is -0.600. The van der Waals surface area contributed by atoms with E-state index in [2.05, 4.69) is 25.8 Å². The second kappa shape index (κ2) is 5.91. The van der Waals surface area contributed by atoms with Gasteiger partial charge in [0.15, 0.2) is 5.82 Å². The van der Waals surface area contributed by atoms with E-state index >= 15 is 0 Å². The van der Waals surface area contributed by atoms with Crippen molar-refractivity contribution in [3.8, 4) is 0 Å². The first-order valence-corrected chi connectivity index (χ1v) is 8.28. The predicted octanol–water partition coefficient (Wildman–Crippen LogP) is 2.04. The molecule has 1 aromatic heterocycles. The summed E-state index contributed by atoms with van der Waals surface area (Å²) in [6.07, 6.45) is 3.14. The van der Waals surface area contributed by atoms with E-state index in [0.29, 0.717) is 5.56 Å². The van der Waals surface area contributed by atoms with Crippen LogP contribution in [0.4, 0.5) is 10.1 Å². The standard InChI is InChI=1S/C11H11BrClFN4O2S/c1-18-5-6(3-16-18)4-17-21(19,20)8-2-7(13)9(12)11(15)10(8)14/h2-3,5,17H,4,15H2,1H3. The zero-order valence-electron chi connectivity index (χ0n) is 10.8. The summed E-state index contributed by atoms with van der Waals surface area (Å²) in [7, 11) is -2.39. The highest BCUT2D eigenvalue weighted by Gasteiger charge is 2.24. The molecule has 0 amide bonds. The van der Waals surface area contributed by atoms with Crippen molar-refractivity contribution >= 4 is 43.2 Å². The summed E-state index contributed by atoms with van der Waals surface area (Å²) in [5.74, 6) is -1.05. The minimum Gasteiger partial charge on any atom is -0.395 e. The molecule has 21 heavy (non-hydrogen) atoms. The third-order valence-electron chi connectivity index (χ3n) is 2.67. The van der Waals surface area contributed by atoms with Gasteiger partial charge >= 0.3 is 0 Å². The topological polar surface area (TPSA) is 90.0 Å². The van der Waals surface area contributed by atoms with Crippen LogP contribution < -0.4 is 10.5 Å². The fourth-order valence-corrected chi connectivity index (χ4v) is 3.31. The zero-order valence-corrected chi connectivity index (χ0v) is 13.9. The third kappa shape index (κ3) is 3.37. The molecule has 3 N–H and O–H groups in total. The molecular formula is C11H11BrClFN4O2S. The number of nitrogens with two attached hydrogens (primary N) is 1. The Bertz CT molecular complexity index is 794. The molecule has 0 saturated heterocycles. The summed E-state index contributed by atoms with van der Waals surface area (Å²) in [5, 5.41) is 3.92. The van der Waals surface area contributed by atoms with Gasteiger partial charge in [0.2, 0.25) is 10.0 Å². The number of nitrogens with zero attached hydrogens (tertiary/aromatic N) is 2. The van der Waals surface area contributed by atoms with Gasteiger partial charge in [-0.25, -0.2) is 17.5 Å². The van der Waals surface area contributed by atoms with Crippen LogP contribution >= 0.6 is 27.5 Å². The van der Waals surface area contributed by atoms with Crippen LogP contribution in [-0.4, -0.2) is 18.2 Å². The van der Waals surface area contributed by atoms with Crippen LogP contribution in [0.5, 0.6) is 0 Å². The molecule has 6 nitrogen and oxygen atoms in total. The number of nitrogen functional groups attached to an aromatic ring is 1. The van der Waals surface area contributed by atoms with E-state index in [9.17, 15) is 12.8 Å². The van der Waals surface area contributed by atoms with Crippen molar-refractivity contribution in [3.63, 3.8) is 0 Å². The van der Waals surface area contributed by atoms with Crippen LogP contribution in [0.3, 0.4) is 0 Å². The Morgan fingerprint density at radius 2 is 2.24 bits per heavy atom. The average Bonchev–Trinajstić information content (AvgIpc) is 2.84. The number of hydrogen-bond donors (Lipinski definition) is 2. The normalized spacial score (nSPS) is 11.8. The van der Waals surface area contributed by atoms with Gasteiger partial charge in [0.25, 0.3) is 0 Å². The molecule has 10 heteroatoms. The van der Waals surface area contributed by atoms with Crippen molar-refractivity contribution < 1.29 is 12.8 Å². The fourth-order valence-electron chi connectivity index (χ4n) is 1.61. The SMILES string of the molecule is Cn1cc(CNS(=O)(=O)c2cc(Cl)c(Br)c(N)c2F)cn1. The molecule has 2 aromatic rings. The molecule has 0 atom stereocenters. The molecule has 0 saturated carbocycles. The summed E-state index contributed by atoms with van der Waals surface area (Å²) in [5.41, 5.74) is 5.76. The van der Waals surface area contributed by atoms with Crippen molar-refractivity contribution in [2.75, 3.05) is 5.73 Å². The lowest BCUT2D eigenvalue weighted by atomic mass is 10.3. The van der Waals surface area contributed by atoms with E-state index in [1.54, 1.807) is 13.2 Å². The second-order valence-electron chi connectivity index (χ2n) is 4.24. The Kier molecular flexibility index (Phi) is 4.57. The molecule has 0 aliphatic carbocycles. The van der Waals surface area contributed by atoms with Crippen LogP contribution in [0.25, 0.3) is 0 Å². The lowest BCUT2D eigenvalue weighted by Crippen LogP contribution is -2.24. The molecular weight excluding hydrogens is 387 g/mol. The van der Waals surface area contributed by atoms with Crippen LogP contribution in [0, 0.1) is 5.82 Å². The highest BCUT2D eigenvalue weighted by Crippen LogP contribution is 2.34. The van der Waals surface area contributed by atoms with Gasteiger partial charge in [-0.15, -0.1) is 0 Å². The van der Waals surface area contributed by atoms with E-state index < -0.39 is 20.7 Å². The Morgan fingerprint density at radius 3 is 2.81 bits per heavy atom. The number of halogens is 3. The fraction of sp³-hybridized carbons (Fsp3) is 0.182. The van der Waals surface area contributed by atoms with Crippen LogP contribution in [0.15, 0.2) is 27.8 Å². The average molecular weight is 398 g/mol. The summed E-state index contributed by atoms with van der Waals surface area (Å²) >= 11 is 8.80. The van der Waals surface area contributed by atoms with Gasteiger partial charge in [-0.1, -0.05) is 11.6 Å². The molecule has 0 bridgehead atoms. The quantitative estimate of drug-likeness (QED) is 0.610. The van der Waals surface area contributed by atoms with Crippen molar-refractivity contribution in [1.29, 1.82) is 0 Å². The minimum atomic E-state index is -4.09. The first-order chi connectivity index (χ1) is 9.72. The molecule has 0 aliphatic heterocycles. The first-order valence-electron chi connectivity index (χ1n) is 5.62. The Labute approximate surface area is 134 Å². The monoisotopic (exact) mass is 396 g/mol. The van der Waals surface area contributed by atoms with Crippen molar-refractivity contribution in [2.24, 2.45) is 7.05 Å². The second-order valence-corrected chi connectivity index (χ2v) is 7.18. The van der Waals surface area contributed by atoms with Crippen molar-refractivity contribution in [1.82, 2.24) is 14.5 Å². The van der Waals surface area contributed by atoms with E-state index in [-0.39, 0.29) is 21.7 Å². The van der Waals surface area contributed by atoms with Crippen LogP contribution in [0.1, 0.15) is 5.56 Å². The van der Waals surface area contributed by atoms with Gasteiger partial charge in [-0.05, 0) is 22.0 Å². The lowest BCUT2D eigenvalue weighted by Gasteiger charge is -2.10. The molecule has 0 unspecified atom stereocenters. The first kappa shape index (κ1) is 16.2. The van der Waals surface area contributed by atoms with Gasteiger partial charge in [-0.3, -0.25) is 4.68 Å². The largest absolute Gasteiger partial charge is 0.395 e. The van der Waals surface area contributed by atoms with Gasteiger partial charge in [0, 0.05) is 25.4 Å². The Hall–Kier alpha value is -1.16. The number of rotatable bonds is 4. The van der Waals surface area contributed by atoms with Gasteiger partial charge in [0.1, 0.15) is 4.90 Å². The third-order valence-corrected chi connectivity index (χ3v) is 5.45. The van der Waals surface area contributed by atoms with E-state index in [0.717, 1.165) is 6.07 Å². The number of aryl methyl sites for hydroxylation is 1. The molecule has 0 radical (unpaired) electrons. The Balaban J connectivity index is 2.32. The minimum absolute atomic E-state index is 0.00986. The molecule has 0 fully saturated rings. The summed E-state index contributed by atoms with van der Waals surface area (Å²) in [6.45, 7) is -0.0246. The molecule has 1 aromatic carbocycles. The van der Waals surface area contributed by atoms with E-state index in [1.165, 1.54) is 10.9 Å². The van der Waals surface area contributed by atoms with Gasteiger partial charge in [0.05, 0.1) is 21.4 Å². The molecule has 0 spiro atoms. The number of benzene rings is 1. The number of sulfonamides is 1. The summed E-state index contributed by atoms with van der Waals surface area (Å²) < 4.78 is 42.2. The van der Waals surface area contributed by atoms with E-state index in [1.807, 2.05) is 0 Å².